The Morgan fingerprint density at radius 3 is 2.78 bits per heavy atom. The fourth-order valence-electron chi connectivity index (χ4n) is 1.90. The van der Waals surface area contributed by atoms with Crippen molar-refractivity contribution in [3.8, 4) is 5.75 Å². The maximum absolute atomic E-state index is 12.2. The summed E-state index contributed by atoms with van der Waals surface area (Å²) >= 11 is 1.47. The third-order valence-electron chi connectivity index (χ3n) is 3.19. The molecule has 1 aromatic heterocycles. The predicted molar refractivity (Wildman–Crippen MR) is 85.8 cm³/mol. The first-order chi connectivity index (χ1) is 10.9. The molecule has 0 aliphatic carbocycles. The van der Waals surface area contributed by atoms with E-state index in [9.17, 15) is 14.7 Å². The molecule has 0 aliphatic rings. The van der Waals surface area contributed by atoms with Gasteiger partial charge in [0, 0.05) is 5.56 Å². The Hall–Kier alpha value is -2.38. The molecule has 23 heavy (non-hydrogen) atoms. The van der Waals surface area contributed by atoms with E-state index in [4.69, 9.17) is 9.84 Å². The van der Waals surface area contributed by atoms with E-state index in [1.165, 1.54) is 17.4 Å². The molecule has 0 radical (unpaired) electrons. The van der Waals surface area contributed by atoms with Crippen LogP contribution in [0, 0.1) is 0 Å². The molecular formula is C16H17NO5S. The van der Waals surface area contributed by atoms with Gasteiger partial charge < -0.3 is 20.3 Å². The van der Waals surface area contributed by atoms with Crippen LogP contribution in [0.1, 0.15) is 22.8 Å². The van der Waals surface area contributed by atoms with Gasteiger partial charge >= 0.3 is 5.97 Å². The lowest BCUT2D eigenvalue weighted by molar-refractivity contribution is -0.139. The van der Waals surface area contributed by atoms with Gasteiger partial charge in [-0.15, -0.1) is 0 Å². The van der Waals surface area contributed by atoms with E-state index < -0.39 is 18.2 Å². The SMILES string of the molecule is CC(O)(CNC(=O)c1cccc(OCC(=O)O)c1)c1ccsc1. The van der Waals surface area contributed by atoms with Crippen molar-refractivity contribution in [2.45, 2.75) is 12.5 Å². The number of carbonyl (C=O) groups excluding carboxylic acids is 1. The van der Waals surface area contributed by atoms with Crippen LogP contribution < -0.4 is 10.1 Å². The number of amides is 1. The molecule has 7 heteroatoms. The number of carboxylic acid groups (broad SMARTS) is 1. The lowest BCUT2D eigenvalue weighted by Crippen LogP contribution is -2.38. The second-order valence-electron chi connectivity index (χ2n) is 5.18. The normalized spacial score (nSPS) is 13.1. The quantitative estimate of drug-likeness (QED) is 0.718. The van der Waals surface area contributed by atoms with E-state index >= 15 is 0 Å². The van der Waals surface area contributed by atoms with Crippen molar-refractivity contribution in [3.05, 3.63) is 52.2 Å². The van der Waals surface area contributed by atoms with Gasteiger partial charge in [0.1, 0.15) is 11.4 Å². The van der Waals surface area contributed by atoms with Gasteiger partial charge in [-0.1, -0.05) is 6.07 Å². The van der Waals surface area contributed by atoms with E-state index in [1.54, 1.807) is 31.2 Å². The first-order valence-corrected chi connectivity index (χ1v) is 7.81. The molecule has 0 fully saturated rings. The van der Waals surface area contributed by atoms with Crippen molar-refractivity contribution in [3.63, 3.8) is 0 Å². The van der Waals surface area contributed by atoms with Crippen molar-refractivity contribution in [1.29, 1.82) is 0 Å². The number of rotatable bonds is 7. The number of hydrogen-bond acceptors (Lipinski definition) is 5. The maximum Gasteiger partial charge on any atom is 0.341 e. The summed E-state index contributed by atoms with van der Waals surface area (Å²) in [6.45, 7) is 1.21. The molecule has 1 atom stereocenters. The van der Waals surface area contributed by atoms with Gasteiger partial charge in [0.15, 0.2) is 6.61 Å². The second-order valence-corrected chi connectivity index (χ2v) is 5.96. The number of thiophene rings is 1. The number of aliphatic hydroxyl groups is 1. The summed E-state index contributed by atoms with van der Waals surface area (Å²) in [5, 5.41) is 25.3. The molecule has 1 aromatic carbocycles. The minimum atomic E-state index is -1.16. The Labute approximate surface area is 137 Å². The fraction of sp³-hybridized carbons (Fsp3) is 0.250. The average Bonchev–Trinajstić information content (AvgIpc) is 3.06. The fourth-order valence-corrected chi connectivity index (χ4v) is 2.68. The molecule has 3 N–H and O–H groups in total. The van der Waals surface area contributed by atoms with Crippen LogP contribution in [0.4, 0.5) is 0 Å². The molecule has 2 aromatic rings. The van der Waals surface area contributed by atoms with E-state index in [0.29, 0.717) is 11.3 Å². The third kappa shape index (κ3) is 4.80. The number of benzene rings is 1. The zero-order valence-electron chi connectivity index (χ0n) is 12.5. The molecule has 1 heterocycles. The second kappa shape index (κ2) is 7.26. The summed E-state index contributed by atoms with van der Waals surface area (Å²) in [5.41, 5.74) is -0.0945. The minimum Gasteiger partial charge on any atom is -0.482 e. The Morgan fingerprint density at radius 1 is 1.35 bits per heavy atom. The standard InChI is InChI=1S/C16H17NO5S/c1-16(21,12-5-6-23-9-12)10-17-15(20)11-3-2-4-13(7-11)22-8-14(18)19/h2-7,9,21H,8,10H2,1H3,(H,17,20)(H,18,19). The van der Waals surface area contributed by atoms with Crippen molar-refractivity contribution >= 4 is 23.2 Å². The van der Waals surface area contributed by atoms with Crippen LogP contribution in [0.25, 0.3) is 0 Å². The van der Waals surface area contributed by atoms with Crippen LogP contribution in [0.15, 0.2) is 41.1 Å². The van der Waals surface area contributed by atoms with Gasteiger partial charge in [-0.25, -0.2) is 4.79 Å². The molecular weight excluding hydrogens is 318 g/mol. The summed E-state index contributed by atoms with van der Waals surface area (Å²) in [4.78, 5) is 22.6. The van der Waals surface area contributed by atoms with Crippen LogP contribution in [0.3, 0.4) is 0 Å². The zero-order valence-corrected chi connectivity index (χ0v) is 13.3. The van der Waals surface area contributed by atoms with Crippen LogP contribution >= 0.6 is 11.3 Å². The molecule has 0 saturated heterocycles. The molecule has 0 spiro atoms. The summed E-state index contributed by atoms with van der Waals surface area (Å²) in [6.07, 6.45) is 0. The van der Waals surface area contributed by atoms with Gasteiger partial charge in [-0.3, -0.25) is 4.79 Å². The molecule has 1 unspecified atom stereocenters. The van der Waals surface area contributed by atoms with Gasteiger partial charge in [0.2, 0.25) is 0 Å². The van der Waals surface area contributed by atoms with E-state index in [1.807, 2.05) is 10.8 Å². The topological polar surface area (TPSA) is 95.9 Å². The first-order valence-electron chi connectivity index (χ1n) is 6.86. The largest absolute Gasteiger partial charge is 0.482 e. The first kappa shape index (κ1) is 17.0. The van der Waals surface area contributed by atoms with Crippen molar-refractivity contribution in [2.75, 3.05) is 13.2 Å². The number of nitrogens with one attached hydrogen (secondary N) is 1. The monoisotopic (exact) mass is 335 g/mol. The Kier molecular flexibility index (Phi) is 5.36. The lowest BCUT2D eigenvalue weighted by Gasteiger charge is -2.22. The Bertz CT molecular complexity index is 682. The van der Waals surface area contributed by atoms with Crippen LogP contribution in [0.5, 0.6) is 5.75 Å². The molecule has 0 bridgehead atoms. The molecule has 1 amide bonds. The highest BCUT2D eigenvalue weighted by Gasteiger charge is 2.24. The van der Waals surface area contributed by atoms with Gasteiger partial charge in [0.25, 0.3) is 5.91 Å². The summed E-state index contributed by atoms with van der Waals surface area (Å²) in [7, 11) is 0. The van der Waals surface area contributed by atoms with Crippen LogP contribution in [0.2, 0.25) is 0 Å². The van der Waals surface area contributed by atoms with Crippen molar-refractivity contribution in [1.82, 2.24) is 5.32 Å². The highest BCUT2D eigenvalue weighted by Crippen LogP contribution is 2.22. The smallest absolute Gasteiger partial charge is 0.341 e. The number of carbonyl (C=O) groups is 2. The highest BCUT2D eigenvalue weighted by atomic mass is 32.1. The van der Waals surface area contributed by atoms with Gasteiger partial charge in [-0.05, 0) is 47.5 Å². The van der Waals surface area contributed by atoms with Crippen molar-refractivity contribution in [2.24, 2.45) is 0 Å². The van der Waals surface area contributed by atoms with Crippen LogP contribution in [-0.4, -0.2) is 35.2 Å². The van der Waals surface area contributed by atoms with Crippen molar-refractivity contribution < 1.29 is 24.5 Å². The number of ether oxygens (including phenoxy) is 1. The molecule has 0 aliphatic heterocycles. The molecule has 2 rings (SSSR count). The average molecular weight is 335 g/mol. The summed E-state index contributed by atoms with van der Waals surface area (Å²) < 4.78 is 5.04. The molecule has 122 valence electrons. The van der Waals surface area contributed by atoms with E-state index in [-0.39, 0.29) is 12.5 Å². The Balaban J connectivity index is 1.98. The van der Waals surface area contributed by atoms with Crippen LogP contribution in [-0.2, 0) is 10.4 Å². The number of hydrogen-bond donors (Lipinski definition) is 3. The van der Waals surface area contributed by atoms with Gasteiger partial charge in [-0.2, -0.15) is 11.3 Å². The maximum atomic E-state index is 12.2. The molecule has 6 nitrogen and oxygen atoms in total. The summed E-state index contributed by atoms with van der Waals surface area (Å²) in [6, 6.07) is 8.02. The zero-order chi connectivity index (χ0) is 16.9. The van der Waals surface area contributed by atoms with Gasteiger partial charge in [0.05, 0.1) is 6.54 Å². The minimum absolute atomic E-state index is 0.0583. The lowest BCUT2D eigenvalue weighted by atomic mass is 9.99. The summed E-state index contributed by atoms with van der Waals surface area (Å²) in [5.74, 6) is -1.17. The molecule has 0 saturated carbocycles. The number of aliphatic carboxylic acids is 1. The Morgan fingerprint density at radius 2 is 2.13 bits per heavy atom. The van der Waals surface area contributed by atoms with E-state index in [2.05, 4.69) is 5.32 Å². The van der Waals surface area contributed by atoms with E-state index in [0.717, 1.165) is 5.56 Å². The number of carboxylic acids is 1. The predicted octanol–water partition coefficient (Wildman–Crippen LogP) is 1.85. The third-order valence-corrected chi connectivity index (χ3v) is 3.88. The highest BCUT2D eigenvalue weighted by molar-refractivity contribution is 7.08.